The minimum Gasteiger partial charge on any atom is -0.496 e. The number of nitrogens with zero attached hydrogens (tertiary/aromatic N) is 2. The average Bonchev–Trinajstić information content (AvgIpc) is 3.23. The van der Waals surface area contributed by atoms with E-state index in [1.54, 1.807) is 20.4 Å². The van der Waals surface area contributed by atoms with E-state index in [-0.39, 0.29) is 5.91 Å². The van der Waals surface area contributed by atoms with Gasteiger partial charge >= 0.3 is 0 Å². The number of H-pyrrole nitrogens is 1. The van der Waals surface area contributed by atoms with E-state index in [9.17, 15) is 4.79 Å². The predicted molar refractivity (Wildman–Crippen MR) is 87.6 cm³/mol. The van der Waals surface area contributed by atoms with Crippen LogP contribution in [0.4, 0.5) is 0 Å². The number of hydrogen-bond donors (Lipinski definition) is 2. The van der Waals surface area contributed by atoms with Gasteiger partial charge in [-0.1, -0.05) is 18.2 Å². The number of methoxy groups -OCH3 is 1. The van der Waals surface area contributed by atoms with Gasteiger partial charge in [0.2, 0.25) is 0 Å². The van der Waals surface area contributed by atoms with E-state index in [2.05, 4.69) is 26.5 Å². The van der Waals surface area contributed by atoms with Gasteiger partial charge in [0.15, 0.2) is 0 Å². The van der Waals surface area contributed by atoms with Gasteiger partial charge in [0.25, 0.3) is 5.91 Å². The molecule has 0 unspecified atom stereocenters. The molecule has 1 aromatic carbocycles. The number of aromatic nitrogens is 2. The zero-order valence-electron chi connectivity index (χ0n) is 13.5. The highest BCUT2D eigenvalue weighted by Gasteiger charge is 2.28. The van der Waals surface area contributed by atoms with E-state index in [1.165, 1.54) is 5.56 Å². The first-order valence-electron chi connectivity index (χ1n) is 7.82. The van der Waals surface area contributed by atoms with Crippen LogP contribution in [-0.2, 0) is 6.54 Å². The number of likely N-dealkylation sites (tertiary alicyclic amines) is 1. The average molecular weight is 314 g/mol. The fourth-order valence-corrected chi connectivity index (χ4v) is 3.21. The molecule has 0 aliphatic carbocycles. The van der Waals surface area contributed by atoms with E-state index >= 15 is 0 Å². The fraction of sp³-hybridized carbons (Fsp3) is 0.412. The van der Waals surface area contributed by atoms with E-state index in [0.29, 0.717) is 11.5 Å². The number of nitrogens with one attached hydrogen (secondary N) is 2. The van der Waals surface area contributed by atoms with Gasteiger partial charge in [-0.15, -0.1) is 0 Å². The molecule has 1 atom stereocenters. The van der Waals surface area contributed by atoms with Crippen molar-refractivity contribution in [2.45, 2.75) is 18.9 Å². The second-order valence-electron chi connectivity index (χ2n) is 5.81. The van der Waals surface area contributed by atoms with Crippen molar-refractivity contribution in [1.82, 2.24) is 20.4 Å². The molecule has 1 aliphatic heterocycles. The van der Waals surface area contributed by atoms with Crippen LogP contribution in [-0.4, -0.2) is 48.3 Å². The maximum absolute atomic E-state index is 11.9. The first-order chi connectivity index (χ1) is 11.2. The maximum atomic E-state index is 11.9. The number of carbonyl (C=O) groups excluding carboxylic acids is 1. The second kappa shape index (κ2) is 6.83. The van der Waals surface area contributed by atoms with Gasteiger partial charge in [0.05, 0.1) is 24.6 Å². The van der Waals surface area contributed by atoms with Gasteiger partial charge in [0.1, 0.15) is 5.75 Å². The summed E-state index contributed by atoms with van der Waals surface area (Å²) >= 11 is 0. The van der Waals surface area contributed by atoms with Crippen molar-refractivity contribution in [2.24, 2.45) is 0 Å². The summed E-state index contributed by atoms with van der Waals surface area (Å²) in [6.45, 7) is 2.75. The van der Waals surface area contributed by atoms with Crippen LogP contribution in [0.25, 0.3) is 0 Å². The summed E-state index contributed by atoms with van der Waals surface area (Å²) in [5.41, 5.74) is 2.77. The summed E-state index contributed by atoms with van der Waals surface area (Å²) in [5.74, 6) is 1.14. The molecule has 0 radical (unpaired) electrons. The Morgan fingerprint density at radius 1 is 1.48 bits per heavy atom. The maximum Gasteiger partial charge on any atom is 0.254 e. The molecule has 2 heterocycles. The van der Waals surface area contributed by atoms with E-state index in [0.717, 1.165) is 37.5 Å². The molecule has 6 heteroatoms. The zero-order valence-corrected chi connectivity index (χ0v) is 13.5. The minimum absolute atomic E-state index is 0.0862. The van der Waals surface area contributed by atoms with Crippen molar-refractivity contribution < 1.29 is 9.53 Å². The van der Waals surface area contributed by atoms with Crippen molar-refractivity contribution in [3.63, 3.8) is 0 Å². The van der Waals surface area contributed by atoms with Crippen LogP contribution >= 0.6 is 0 Å². The Balaban J connectivity index is 1.69. The third-order valence-electron chi connectivity index (χ3n) is 4.41. The monoisotopic (exact) mass is 314 g/mol. The lowest BCUT2D eigenvalue weighted by atomic mass is 10.0. The Bertz CT molecular complexity index is 683. The van der Waals surface area contributed by atoms with Gasteiger partial charge in [-0.2, -0.15) is 5.10 Å². The second-order valence-corrected chi connectivity index (χ2v) is 5.81. The van der Waals surface area contributed by atoms with E-state index in [4.69, 9.17) is 4.74 Å². The first-order valence-corrected chi connectivity index (χ1v) is 7.82. The lowest BCUT2D eigenvalue weighted by Crippen LogP contribution is -2.22. The molecule has 122 valence electrons. The van der Waals surface area contributed by atoms with E-state index in [1.807, 2.05) is 18.2 Å². The topological polar surface area (TPSA) is 70.2 Å². The summed E-state index contributed by atoms with van der Waals surface area (Å²) in [4.78, 5) is 14.3. The van der Waals surface area contributed by atoms with Gasteiger partial charge in [0, 0.05) is 31.6 Å². The van der Waals surface area contributed by atoms with Crippen LogP contribution in [0.15, 0.2) is 30.5 Å². The van der Waals surface area contributed by atoms with E-state index < -0.39 is 0 Å². The number of aromatic amines is 1. The van der Waals surface area contributed by atoms with Crippen LogP contribution in [0.2, 0.25) is 0 Å². The Hall–Kier alpha value is -2.34. The number of amides is 1. The van der Waals surface area contributed by atoms with Crippen LogP contribution in [0.3, 0.4) is 0 Å². The van der Waals surface area contributed by atoms with Crippen molar-refractivity contribution in [3.8, 4) is 5.75 Å². The number of carbonyl (C=O) groups is 1. The SMILES string of the molecule is CNC(=O)c1cn[nH]c1[C@@H]1CCN(Cc2ccccc2OC)C1. The molecule has 1 saturated heterocycles. The fourth-order valence-electron chi connectivity index (χ4n) is 3.21. The van der Waals surface area contributed by atoms with Gasteiger partial charge in [-0.3, -0.25) is 14.8 Å². The number of ether oxygens (including phenoxy) is 1. The van der Waals surface area contributed by atoms with Crippen molar-refractivity contribution in [3.05, 3.63) is 47.3 Å². The molecule has 0 bridgehead atoms. The highest BCUT2D eigenvalue weighted by molar-refractivity contribution is 5.95. The quantitative estimate of drug-likeness (QED) is 0.882. The lowest BCUT2D eigenvalue weighted by Gasteiger charge is -2.18. The molecular formula is C17H22N4O2. The predicted octanol–water partition coefficient (Wildman–Crippen LogP) is 1.77. The number of rotatable bonds is 5. The number of hydrogen-bond acceptors (Lipinski definition) is 4. The lowest BCUT2D eigenvalue weighted by molar-refractivity contribution is 0.0961. The third-order valence-corrected chi connectivity index (χ3v) is 4.41. The summed E-state index contributed by atoms with van der Waals surface area (Å²) in [6.07, 6.45) is 2.62. The molecule has 0 saturated carbocycles. The molecule has 23 heavy (non-hydrogen) atoms. The van der Waals surface area contributed by atoms with Crippen molar-refractivity contribution in [1.29, 1.82) is 0 Å². The molecule has 1 aromatic heterocycles. The third kappa shape index (κ3) is 3.22. The number of benzene rings is 1. The molecular weight excluding hydrogens is 292 g/mol. The summed E-state index contributed by atoms with van der Waals surface area (Å²) in [7, 11) is 3.34. The molecule has 0 spiro atoms. The smallest absolute Gasteiger partial charge is 0.254 e. The Labute approximate surface area is 135 Å². The van der Waals surface area contributed by atoms with Gasteiger partial charge in [-0.25, -0.2) is 0 Å². The highest BCUT2D eigenvalue weighted by atomic mass is 16.5. The van der Waals surface area contributed by atoms with Crippen molar-refractivity contribution in [2.75, 3.05) is 27.2 Å². The summed E-state index contributed by atoms with van der Waals surface area (Å²) in [5, 5.41) is 9.72. The molecule has 1 fully saturated rings. The minimum atomic E-state index is -0.0862. The van der Waals surface area contributed by atoms with Crippen LogP contribution in [0.1, 0.15) is 34.0 Å². The molecule has 2 aromatic rings. The highest BCUT2D eigenvalue weighted by Crippen LogP contribution is 2.30. The van der Waals surface area contributed by atoms with Crippen LogP contribution in [0.5, 0.6) is 5.75 Å². The van der Waals surface area contributed by atoms with Crippen LogP contribution < -0.4 is 10.1 Å². The van der Waals surface area contributed by atoms with Gasteiger partial charge < -0.3 is 10.1 Å². The molecule has 1 aliphatic rings. The first kappa shape index (κ1) is 15.6. The standard InChI is InChI=1S/C17H22N4O2/c1-18-17(22)14-9-19-20-16(14)13-7-8-21(11-13)10-12-5-3-4-6-15(12)23-2/h3-6,9,13H,7-8,10-11H2,1-2H3,(H,18,22)(H,19,20)/t13-/m1/s1. The largest absolute Gasteiger partial charge is 0.496 e. The summed E-state index contributed by atoms with van der Waals surface area (Å²) < 4.78 is 5.42. The molecule has 3 rings (SSSR count). The normalized spacial score (nSPS) is 18.1. The molecule has 2 N–H and O–H groups in total. The zero-order chi connectivity index (χ0) is 16.2. The number of para-hydroxylation sites is 1. The Morgan fingerprint density at radius 2 is 2.30 bits per heavy atom. The van der Waals surface area contributed by atoms with Gasteiger partial charge in [-0.05, 0) is 19.0 Å². The Morgan fingerprint density at radius 3 is 3.09 bits per heavy atom. The molecule has 6 nitrogen and oxygen atoms in total. The van der Waals surface area contributed by atoms with Crippen LogP contribution in [0, 0.1) is 0 Å². The summed E-state index contributed by atoms with van der Waals surface area (Å²) in [6, 6.07) is 8.10. The molecule has 1 amide bonds. The van der Waals surface area contributed by atoms with Crippen molar-refractivity contribution >= 4 is 5.91 Å². The Kier molecular flexibility index (Phi) is 4.62.